The summed E-state index contributed by atoms with van der Waals surface area (Å²) in [4.78, 5) is 4.13. The Bertz CT molecular complexity index is 689. The molecule has 0 bridgehead atoms. The molecule has 0 aliphatic heterocycles. The molecule has 1 nitrogen and oxygen atoms in total. The number of fused-ring (bicyclic) bond motifs is 1. The summed E-state index contributed by atoms with van der Waals surface area (Å²) in [6.45, 7) is 0. The molecular weight excluding hydrogens is 411 g/mol. The van der Waals surface area contributed by atoms with Crippen LogP contribution in [0.1, 0.15) is 6.42 Å². The number of aromatic nitrogens is 1. The van der Waals surface area contributed by atoms with Crippen molar-refractivity contribution in [1.29, 1.82) is 0 Å². The van der Waals surface area contributed by atoms with Gasteiger partial charge in [0, 0.05) is 12.1 Å². The summed E-state index contributed by atoms with van der Waals surface area (Å²) in [5.74, 6) is 4.23. The Kier molecular flexibility index (Phi) is 8.34. The number of hydrogen-bond donors (Lipinski definition) is 0. The molecule has 0 saturated heterocycles. The zero-order valence-electron chi connectivity index (χ0n) is 11.8. The second-order valence-corrected chi connectivity index (χ2v) is 9.98. The van der Waals surface area contributed by atoms with Crippen molar-refractivity contribution >= 4 is 35.3 Å². The standard InChI is InChI=1S/C12H9NP.C5H5.2ClH.Zr/c1-2-4-11-8-12(7-10(11)3-1)14-6-5-13-9-14;1-2-4-5-3-1;;;/h1-9H;1-3H,4H2;2*1H;/q2*-1;;;+4/p-2. The van der Waals surface area contributed by atoms with Crippen LogP contribution in [0, 0.1) is 6.08 Å². The fourth-order valence-electron chi connectivity index (χ4n) is 2.04. The number of hydrogen-bond acceptors (Lipinski definition) is 1. The topological polar surface area (TPSA) is 12.9 Å². The van der Waals surface area contributed by atoms with Crippen molar-refractivity contribution in [1.82, 2.24) is 4.98 Å². The summed E-state index contributed by atoms with van der Waals surface area (Å²) in [5.41, 5.74) is 0. The minimum Gasteiger partial charge on any atom is -0.260 e. The Balaban J connectivity index is 0.000000184. The molecule has 5 heteroatoms. The van der Waals surface area contributed by atoms with E-state index in [-0.39, 0.29) is 7.53 Å². The molecule has 1 unspecified atom stereocenters. The Morgan fingerprint density at radius 3 is 2.64 bits per heavy atom. The molecule has 0 spiro atoms. The monoisotopic (exact) mass is 423 g/mol. The SMILES string of the molecule is [C-]1=CC=CC1.[Cl][Zr+2][Cl].c1ccc2[cH-]c(-p3ccnc3)cc2c1. The molecule has 0 fully saturated rings. The Morgan fingerprint density at radius 2 is 2.09 bits per heavy atom. The molecule has 3 aromatic rings. The average Bonchev–Trinajstić information content (AvgIpc) is 3.29. The van der Waals surface area contributed by atoms with Gasteiger partial charge in [-0.2, -0.15) is 12.1 Å². The minimum absolute atomic E-state index is 0.259. The number of allylic oxidation sites excluding steroid dienone is 4. The molecule has 0 N–H and O–H groups in total. The van der Waals surface area contributed by atoms with Crippen LogP contribution < -0.4 is 0 Å². The predicted molar refractivity (Wildman–Crippen MR) is 94.7 cm³/mol. The summed E-state index contributed by atoms with van der Waals surface area (Å²) >= 11 is -0.826. The third kappa shape index (κ3) is 5.60. The molecule has 1 aromatic heterocycles. The van der Waals surface area contributed by atoms with Crippen LogP contribution in [-0.2, 0) is 20.8 Å². The molecule has 1 aliphatic rings. The van der Waals surface area contributed by atoms with E-state index in [0.717, 1.165) is 6.42 Å². The molecule has 22 heavy (non-hydrogen) atoms. The molecular formula is C17H14Cl2NPZr. The number of halogens is 2. The fourth-order valence-corrected chi connectivity index (χ4v) is 3.44. The maximum Gasteiger partial charge on any atom is 0.0488 e. The zero-order chi connectivity index (χ0) is 15.6. The van der Waals surface area contributed by atoms with Crippen LogP contribution >= 0.6 is 24.6 Å². The van der Waals surface area contributed by atoms with E-state index in [4.69, 9.17) is 17.0 Å². The maximum absolute atomic E-state index is 4.93. The minimum atomic E-state index is -0.826. The van der Waals surface area contributed by atoms with Gasteiger partial charge >= 0.3 is 37.9 Å². The third-order valence-electron chi connectivity index (χ3n) is 2.99. The van der Waals surface area contributed by atoms with Crippen molar-refractivity contribution in [2.24, 2.45) is 0 Å². The quantitative estimate of drug-likeness (QED) is 0.400. The van der Waals surface area contributed by atoms with Gasteiger partial charge in [-0.25, -0.2) is 12.2 Å². The van der Waals surface area contributed by atoms with Crippen LogP contribution in [0.2, 0.25) is 0 Å². The van der Waals surface area contributed by atoms with Crippen LogP contribution in [0.15, 0.2) is 72.5 Å². The van der Waals surface area contributed by atoms with Crippen LogP contribution in [-0.4, -0.2) is 4.98 Å². The predicted octanol–water partition coefficient (Wildman–Crippen LogP) is 6.61. The van der Waals surface area contributed by atoms with Crippen molar-refractivity contribution in [3.63, 3.8) is 0 Å². The van der Waals surface area contributed by atoms with E-state index in [1.54, 1.807) is 0 Å². The maximum atomic E-state index is 4.93. The van der Waals surface area contributed by atoms with Crippen LogP contribution in [0.3, 0.4) is 0 Å². The molecule has 2 aromatic carbocycles. The average molecular weight is 425 g/mol. The van der Waals surface area contributed by atoms with Gasteiger partial charge in [0.05, 0.1) is 0 Å². The van der Waals surface area contributed by atoms with Gasteiger partial charge < -0.3 is 0 Å². The Morgan fingerprint density at radius 1 is 1.27 bits per heavy atom. The molecule has 1 aliphatic carbocycles. The van der Waals surface area contributed by atoms with Gasteiger partial charge in [-0.15, -0.1) is 41.5 Å². The summed E-state index contributed by atoms with van der Waals surface area (Å²) in [6.07, 6.45) is 11.9. The number of rotatable bonds is 1. The van der Waals surface area contributed by atoms with Crippen molar-refractivity contribution in [3.8, 4) is 5.30 Å². The van der Waals surface area contributed by atoms with Gasteiger partial charge in [0.25, 0.3) is 0 Å². The van der Waals surface area contributed by atoms with Crippen LogP contribution in [0.5, 0.6) is 0 Å². The van der Waals surface area contributed by atoms with E-state index in [9.17, 15) is 0 Å². The first-order chi connectivity index (χ1) is 10.8. The summed E-state index contributed by atoms with van der Waals surface area (Å²) in [5, 5.41) is 4.07. The number of nitrogens with zero attached hydrogens (tertiary/aromatic N) is 1. The largest absolute Gasteiger partial charge is 0.260 e. The molecule has 1 atom stereocenters. The Labute approximate surface area is 150 Å². The van der Waals surface area contributed by atoms with E-state index >= 15 is 0 Å². The van der Waals surface area contributed by atoms with Gasteiger partial charge in [0.1, 0.15) is 0 Å². The molecule has 4 rings (SSSR count). The number of benzene rings is 1. The van der Waals surface area contributed by atoms with Gasteiger partial charge in [0.15, 0.2) is 0 Å². The zero-order valence-corrected chi connectivity index (χ0v) is 16.6. The second kappa shape index (κ2) is 10.3. The molecule has 0 saturated carbocycles. The first-order valence-corrected chi connectivity index (χ1v) is 14.5. The summed E-state index contributed by atoms with van der Waals surface area (Å²) in [7, 11) is 9.61. The Hall–Kier alpha value is -0.517. The molecule has 110 valence electrons. The van der Waals surface area contributed by atoms with Gasteiger partial charge in [-0.1, -0.05) is 18.9 Å². The van der Waals surface area contributed by atoms with Gasteiger partial charge in [-0.3, -0.25) is 11.1 Å². The normalized spacial score (nSPS) is 12.2. The van der Waals surface area contributed by atoms with Crippen molar-refractivity contribution in [3.05, 3.63) is 78.6 Å². The van der Waals surface area contributed by atoms with Gasteiger partial charge in [0.2, 0.25) is 0 Å². The van der Waals surface area contributed by atoms with E-state index < -0.39 is 20.8 Å². The van der Waals surface area contributed by atoms with Crippen LogP contribution in [0.25, 0.3) is 16.1 Å². The third-order valence-corrected chi connectivity index (χ3v) is 4.68. The van der Waals surface area contributed by atoms with E-state index in [0.29, 0.717) is 0 Å². The summed E-state index contributed by atoms with van der Waals surface area (Å²) in [6, 6.07) is 13.0. The fraction of sp³-hybridized carbons (Fsp3) is 0.0588. The first-order valence-electron chi connectivity index (χ1n) is 6.67. The molecule has 0 radical (unpaired) electrons. The van der Waals surface area contributed by atoms with E-state index in [2.05, 4.69) is 59.3 Å². The molecule has 0 amide bonds. The summed E-state index contributed by atoms with van der Waals surface area (Å²) < 4.78 is 0. The van der Waals surface area contributed by atoms with E-state index in [1.165, 1.54) is 16.1 Å². The van der Waals surface area contributed by atoms with Crippen molar-refractivity contribution in [2.75, 3.05) is 0 Å². The van der Waals surface area contributed by atoms with Gasteiger partial charge in [-0.05, 0) is 5.80 Å². The second-order valence-electron chi connectivity index (χ2n) is 4.39. The first kappa shape index (κ1) is 17.8. The van der Waals surface area contributed by atoms with Crippen molar-refractivity contribution < 1.29 is 20.8 Å². The van der Waals surface area contributed by atoms with Crippen molar-refractivity contribution in [2.45, 2.75) is 6.42 Å². The van der Waals surface area contributed by atoms with E-state index in [1.807, 2.05) is 24.3 Å². The van der Waals surface area contributed by atoms with Crippen LogP contribution in [0.4, 0.5) is 0 Å². The molecule has 1 heterocycles. The smallest absolute Gasteiger partial charge is 0.0488 e.